The Hall–Kier alpha value is -6.38. The van der Waals surface area contributed by atoms with Crippen molar-refractivity contribution < 1.29 is 4.74 Å². The Kier molecular flexibility index (Phi) is 6.63. The van der Waals surface area contributed by atoms with E-state index in [1.807, 2.05) is 97.1 Å². The lowest BCUT2D eigenvalue weighted by Gasteiger charge is -2.32. The highest BCUT2D eigenvalue weighted by Gasteiger charge is 2.25. The summed E-state index contributed by atoms with van der Waals surface area (Å²) in [7, 11) is 0. The van der Waals surface area contributed by atoms with E-state index in [-0.39, 0.29) is 0 Å². The summed E-state index contributed by atoms with van der Waals surface area (Å²) in [5.41, 5.74) is 7.74. The lowest BCUT2D eigenvalue weighted by Crippen LogP contribution is -2.15. The molecule has 7 aromatic rings. The van der Waals surface area contributed by atoms with Crippen LogP contribution in [-0.2, 0) is 0 Å². The standard InChI is InChI=1S/C40H26N4O/c1-3-15-31(16-4-1)39-41-42-40(32-17-5-2-6-18-32)44(39)34-20-12-14-30(28-34)26-25-29-13-11-19-33(27-29)43-35-21-7-9-23-37(35)45-38-24-10-8-22-36(38)43/h1-24,27-28H. The summed E-state index contributed by atoms with van der Waals surface area (Å²) in [5.74, 6) is 10.0. The van der Waals surface area contributed by atoms with E-state index in [1.54, 1.807) is 0 Å². The monoisotopic (exact) mass is 578 g/mol. The molecule has 5 heteroatoms. The third-order valence-electron chi connectivity index (χ3n) is 7.72. The fourth-order valence-electron chi connectivity index (χ4n) is 5.65. The quantitative estimate of drug-likeness (QED) is 0.195. The minimum atomic E-state index is 0.776. The van der Waals surface area contributed by atoms with Crippen molar-refractivity contribution in [2.45, 2.75) is 0 Å². The van der Waals surface area contributed by atoms with Crippen LogP contribution in [0.2, 0.25) is 0 Å². The topological polar surface area (TPSA) is 43.2 Å². The molecule has 2 heterocycles. The van der Waals surface area contributed by atoms with Gasteiger partial charge in [0.1, 0.15) is 0 Å². The molecule has 0 N–H and O–H groups in total. The van der Waals surface area contributed by atoms with Gasteiger partial charge >= 0.3 is 0 Å². The van der Waals surface area contributed by atoms with Crippen molar-refractivity contribution in [3.63, 3.8) is 0 Å². The first-order valence-electron chi connectivity index (χ1n) is 14.8. The van der Waals surface area contributed by atoms with E-state index in [0.717, 1.165) is 68.2 Å². The maximum atomic E-state index is 6.20. The summed E-state index contributed by atoms with van der Waals surface area (Å²) in [6.07, 6.45) is 0. The molecule has 0 saturated heterocycles. The number of ether oxygens (including phenoxy) is 1. The Bertz CT molecular complexity index is 2110. The lowest BCUT2D eigenvalue weighted by molar-refractivity contribution is 0.477. The van der Waals surface area contributed by atoms with Crippen LogP contribution in [0.1, 0.15) is 11.1 Å². The number of benzene rings is 6. The molecule has 0 bridgehead atoms. The average molecular weight is 579 g/mol. The number of hydrogen-bond donors (Lipinski definition) is 0. The van der Waals surface area contributed by atoms with Gasteiger partial charge in [-0.1, -0.05) is 109 Å². The fourth-order valence-corrected chi connectivity index (χ4v) is 5.65. The highest BCUT2D eigenvalue weighted by molar-refractivity contribution is 5.86. The predicted octanol–water partition coefficient (Wildman–Crippen LogP) is 9.58. The zero-order valence-electron chi connectivity index (χ0n) is 24.2. The molecule has 5 nitrogen and oxygen atoms in total. The summed E-state index contributed by atoms with van der Waals surface area (Å²) < 4.78 is 8.30. The van der Waals surface area contributed by atoms with Crippen molar-refractivity contribution >= 4 is 17.1 Å². The van der Waals surface area contributed by atoms with Gasteiger partial charge < -0.3 is 9.64 Å². The third-order valence-corrected chi connectivity index (χ3v) is 7.72. The molecule has 6 aromatic carbocycles. The smallest absolute Gasteiger partial charge is 0.168 e. The molecule has 8 rings (SSSR count). The summed E-state index contributed by atoms with van der Waals surface area (Å²) in [6, 6.07) is 53.0. The summed E-state index contributed by atoms with van der Waals surface area (Å²) in [6.45, 7) is 0. The van der Waals surface area contributed by atoms with E-state index in [9.17, 15) is 0 Å². The second kappa shape index (κ2) is 11.4. The SMILES string of the molecule is C(#Cc1cccc(-n2c(-c3ccccc3)nnc2-c2ccccc2)c1)c1cccc(N2c3ccccc3Oc3ccccc32)c1. The van der Waals surface area contributed by atoms with Gasteiger partial charge in [0.05, 0.1) is 17.1 Å². The minimum Gasteiger partial charge on any atom is -0.453 e. The molecule has 0 amide bonds. The van der Waals surface area contributed by atoms with Crippen LogP contribution >= 0.6 is 0 Å². The molecule has 212 valence electrons. The maximum Gasteiger partial charge on any atom is 0.168 e. The van der Waals surface area contributed by atoms with Gasteiger partial charge in [-0.05, 0) is 60.7 Å². The summed E-state index contributed by atoms with van der Waals surface area (Å²) in [4.78, 5) is 2.22. The maximum absolute atomic E-state index is 6.20. The highest BCUT2D eigenvalue weighted by atomic mass is 16.5. The Balaban J connectivity index is 1.17. The van der Waals surface area contributed by atoms with E-state index in [1.165, 1.54) is 0 Å². The van der Waals surface area contributed by atoms with E-state index in [2.05, 4.69) is 92.2 Å². The Labute approximate surface area is 261 Å². The van der Waals surface area contributed by atoms with Gasteiger partial charge in [-0.2, -0.15) is 0 Å². The van der Waals surface area contributed by atoms with Gasteiger partial charge in [0.15, 0.2) is 23.1 Å². The van der Waals surface area contributed by atoms with Crippen molar-refractivity contribution in [2.24, 2.45) is 0 Å². The number of aromatic nitrogens is 3. The predicted molar refractivity (Wildman–Crippen MR) is 179 cm³/mol. The minimum absolute atomic E-state index is 0.776. The second-order valence-corrected chi connectivity index (χ2v) is 10.6. The van der Waals surface area contributed by atoms with Gasteiger partial charge in [-0.25, -0.2) is 0 Å². The van der Waals surface area contributed by atoms with Crippen molar-refractivity contribution in [2.75, 3.05) is 4.90 Å². The Morgan fingerprint density at radius 3 is 1.47 bits per heavy atom. The molecule has 1 aromatic heterocycles. The Morgan fingerprint density at radius 2 is 0.911 bits per heavy atom. The number of fused-ring (bicyclic) bond motifs is 2. The van der Waals surface area contributed by atoms with Gasteiger partial charge in [0, 0.05) is 27.9 Å². The number of anilines is 3. The van der Waals surface area contributed by atoms with Gasteiger partial charge in [-0.15, -0.1) is 10.2 Å². The van der Waals surface area contributed by atoms with Gasteiger partial charge in [0.25, 0.3) is 0 Å². The molecular weight excluding hydrogens is 552 g/mol. The number of rotatable bonds is 4. The van der Waals surface area contributed by atoms with E-state index < -0.39 is 0 Å². The highest BCUT2D eigenvalue weighted by Crippen LogP contribution is 2.50. The molecule has 45 heavy (non-hydrogen) atoms. The molecule has 0 spiro atoms. The summed E-state index contributed by atoms with van der Waals surface area (Å²) >= 11 is 0. The van der Waals surface area contributed by atoms with E-state index >= 15 is 0 Å². The molecule has 0 atom stereocenters. The molecule has 1 aliphatic heterocycles. The van der Waals surface area contributed by atoms with Crippen LogP contribution in [0.25, 0.3) is 28.5 Å². The largest absolute Gasteiger partial charge is 0.453 e. The van der Waals surface area contributed by atoms with Crippen molar-refractivity contribution in [3.8, 4) is 51.8 Å². The number of para-hydroxylation sites is 4. The first kappa shape index (κ1) is 26.3. The van der Waals surface area contributed by atoms with Crippen LogP contribution in [-0.4, -0.2) is 14.8 Å². The van der Waals surface area contributed by atoms with Crippen LogP contribution in [0.15, 0.2) is 158 Å². The molecule has 0 unspecified atom stereocenters. The molecule has 0 aliphatic carbocycles. The van der Waals surface area contributed by atoms with E-state index in [4.69, 9.17) is 4.74 Å². The van der Waals surface area contributed by atoms with Crippen molar-refractivity contribution in [1.82, 2.24) is 14.8 Å². The van der Waals surface area contributed by atoms with Crippen LogP contribution in [0.4, 0.5) is 17.1 Å². The fraction of sp³-hybridized carbons (Fsp3) is 0. The zero-order valence-corrected chi connectivity index (χ0v) is 24.2. The molecule has 0 saturated carbocycles. The molecule has 0 radical (unpaired) electrons. The normalized spacial score (nSPS) is 11.5. The van der Waals surface area contributed by atoms with Crippen LogP contribution in [0, 0.1) is 11.8 Å². The molecule has 1 aliphatic rings. The van der Waals surface area contributed by atoms with Crippen LogP contribution < -0.4 is 9.64 Å². The van der Waals surface area contributed by atoms with Gasteiger partial charge in [-0.3, -0.25) is 4.57 Å². The van der Waals surface area contributed by atoms with E-state index in [0.29, 0.717) is 0 Å². The zero-order chi connectivity index (χ0) is 30.0. The first-order valence-corrected chi connectivity index (χ1v) is 14.8. The number of hydrogen-bond acceptors (Lipinski definition) is 4. The lowest BCUT2D eigenvalue weighted by atomic mass is 10.1. The van der Waals surface area contributed by atoms with Gasteiger partial charge in [0.2, 0.25) is 0 Å². The van der Waals surface area contributed by atoms with Crippen molar-refractivity contribution in [1.29, 1.82) is 0 Å². The van der Waals surface area contributed by atoms with Crippen LogP contribution in [0.5, 0.6) is 11.5 Å². The molecular formula is C40H26N4O. The van der Waals surface area contributed by atoms with Crippen molar-refractivity contribution in [3.05, 3.63) is 169 Å². The first-order chi connectivity index (χ1) is 22.3. The van der Waals surface area contributed by atoms with Crippen LogP contribution in [0.3, 0.4) is 0 Å². The Morgan fingerprint density at radius 1 is 0.444 bits per heavy atom. The third kappa shape index (κ3) is 5.01. The summed E-state index contributed by atoms with van der Waals surface area (Å²) in [5, 5.41) is 9.22. The number of nitrogens with zero attached hydrogens (tertiary/aromatic N) is 4. The average Bonchev–Trinajstić information content (AvgIpc) is 3.56. The molecule has 0 fully saturated rings. The second-order valence-electron chi connectivity index (χ2n) is 10.6.